The van der Waals surface area contributed by atoms with Crippen LogP contribution < -0.4 is 10.6 Å². The number of aryl methyl sites for hydroxylation is 2. The first-order valence-electron chi connectivity index (χ1n) is 5.30. The van der Waals surface area contributed by atoms with Crippen LogP contribution in [-0.2, 0) is 4.79 Å². The molecular formula is C12H16N2O. The molecule has 2 rings (SSSR count). The Morgan fingerprint density at radius 3 is 2.40 bits per heavy atom. The fourth-order valence-electron chi connectivity index (χ4n) is 1.80. The molecule has 1 amide bonds. The Morgan fingerprint density at radius 2 is 1.80 bits per heavy atom. The first-order valence-corrected chi connectivity index (χ1v) is 5.30. The van der Waals surface area contributed by atoms with E-state index >= 15 is 0 Å². The molecule has 1 aliphatic heterocycles. The zero-order valence-corrected chi connectivity index (χ0v) is 9.35. The van der Waals surface area contributed by atoms with Crippen LogP contribution in [0.15, 0.2) is 12.1 Å². The molecule has 0 radical (unpaired) electrons. The van der Waals surface area contributed by atoms with Crippen molar-refractivity contribution in [3.05, 3.63) is 23.3 Å². The molecular weight excluding hydrogens is 188 g/mol. The molecule has 0 unspecified atom stereocenters. The number of anilines is 2. The fraction of sp³-hybridized carbons (Fsp3) is 0.417. The summed E-state index contributed by atoms with van der Waals surface area (Å²) in [5.41, 5.74) is 4.37. The number of amides is 1. The Bertz CT molecular complexity index is 412. The lowest BCUT2D eigenvalue weighted by Gasteiger charge is -2.26. The average molecular weight is 204 g/mol. The monoisotopic (exact) mass is 204 g/mol. The van der Waals surface area contributed by atoms with Gasteiger partial charge in [0.15, 0.2) is 0 Å². The summed E-state index contributed by atoms with van der Waals surface area (Å²) in [5.74, 6) is 0.0632. The molecule has 2 N–H and O–H groups in total. The molecule has 1 atom stereocenters. The lowest BCUT2D eigenvalue weighted by molar-refractivity contribution is -0.117. The van der Waals surface area contributed by atoms with Crippen molar-refractivity contribution in [3.8, 4) is 0 Å². The highest BCUT2D eigenvalue weighted by Gasteiger charge is 2.23. The highest BCUT2D eigenvalue weighted by molar-refractivity contribution is 6.03. The summed E-state index contributed by atoms with van der Waals surface area (Å²) in [5, 5.41) is 6.18. The van der Waals surface area contributed by atoms with Crippen molar-refractivity contribution in [2.45, 2.75) is 33.2 Å². The quantitative estimate of drug-likeness (QED) is 0.737. The van der Waals surface area contributed by atoms with E-state index < -0.39 is 0 Å². The molecule has 1 heterocycles. The van der Waals surface area contributed by atoms with Gasteiger partial charge in [0.2, 0.25) is 5.91 Å². The van der Waals surface area contributed by atoms with Crippen molar-refractivity contribution in [1.82, 2.24) is 0 Å². The predicted molar refractivity (Wildman–Crippen MR) is 62.2 cm³/mol. The first kappa shape index (κ1) is 10.0. The Hall–Kier alpha value is -1.51. The summed E-state index contributed by atoms with van der Waals surface area (Å²) in [6, 6.07) is 4.01. The highest BCUT2D eigenvalue weighted by atomic mass is 16.2. The Labute approximate surface area is 89.9 Å². The van der Waals surface area contributed by atoms with Gasteiger partial charge >= 0.3 is 0 Å². The second-order valence-corrected chi connectivity index (χ2v) is 4.08. The molecule has 1 aliphatic rings. The van der Waals surface area contributed by atoms with Gasteiger partial charge in [0, 0.05) is 0 Å². The van der Waals surface area contributed by atoms with Crippen LogP contribution in [0.4, 0.5) is 11.4 Å². The van der Waals surface area contributed by atoms with Crippen LogP contribution in [0, 0.1) is 13.8 Å². The van der Waals surface area contributed by atoms with E-state index in [0.717, 1.165) is 17.8 Å². The molecule has 3 heteroatoms. The van der Waals surface area contributed by atoms with Crippen molar-refractivity contribution in [1.29, 1.82) is 0 Å². The molecule has 0 aromatic heterocycles. The third-order valence-electron chi connectivity index (χ3n) is 2.95. The maximum Gasteiger partial charge on any atom is 0.246 e. The molecule has 0 bridgehead atoms. The van der Waals surface area contributed by atoms with Gasteiger partial charge in [-0.1, -0.05) is 6.92 Å². The van der Waals surface area contributed by atoms with Crippen LogP contribution in [0.5, 0.6) is 0 Å². The zero-order valence-electron chi connectivity index (χ0n) is 9.35. The molecule has 0 aliphatic carbocycles. The van der Waals surface area contributed by atoms with Gasteiger partial charge in [0.1, 0.15) is 6.04 Å². The molecule has 3 nitrogen and oxygen atoms in total. The summed E-state index contributed by atoms with van der Waals surface area (Å²) in [4.78, 5) is 11.6. The topological polar surface area (TPSA) is 41.1 Å². The number of rotatable bonds is 1. The normalized spacial score (nSPS) is 19.1. The first-order chi connectivity index (χ1) is 7.11. The molecule has 0 saturated heterocycles. The van der Waals surface area contributed by atoms with E-state index in [4.69, 9.17) is 0 Å². The van der Waals surface area contributed by atoms with E-state index in [1.807, 2.05) is 19.9 Å². The zero-order chi connectivity index (χ0) is 11.0. The maximum absolute atomic E-state index is 11.6. The van der Waals surface area contributed by atoms with Gasteiger partial charge < -0.3 is 10.6 Å². The van der Waals surface area contributed by atoms with Gasteiger partial charge in [-0.05, 0) is 43.5 Å². The third kappa shape index (κ3) is 1.69. The highest BCUT2D eigenvalue weighted by Crippen LogP contribution is 2.30. The van der Waals surface area contributed by atoms with E-state index in [1.165, 1.54) is 11.1 Å². The van der Waals surface area contributed by atoms with Crippen molar-refractivity contribution < 1.29 is 4.79 Å². The minimum atomic E-state index is -0.0976. The minimum Gasteiger partial charge on any atom is -0.372 e. The SMILES string of the molecule is CC[C@H]1Nc2cc(C)c(C)cc2NC1=O. The van der Waals surface area contributed by atoms with E-state index in [1.54, 1.807) is 0 Å². The minimum absolute atomic E-state index is 0.0632. The fourth-order valence-corrected chi connectivity index (χ4v) is 1.80. The van der Waals surface area contributed by atoms with E-state index in [9.17, 15) is 4.79 Å². The van der Waals surface area contributed by atoms with Crippen LogP contribution in [-0.4, -0.2) is 11.9 Å². The Morgan fingerprint density at radius 1 is 1.20 bits per heavy atom. The van der Waals surface area contributed by atoms with Crippen molar-refractivity contribution in [2.24, 2.45) is 0 Å². The Balaban J connectivity index is 2.41. The van der Waals surface area contributed by atoms with Gasteiger partial charge in [-0.15, -0.1) is 0 Å². The van der Waals surface area contributed by atoms with Gasteiger partial charge in [0.05, 0.1) is 11.4 Å². The lowest BCUT2D eigenvalue weighted by atomic mass is 10.0. The number of carbonyl (C=O) groups excluding carboxylic acids is 1. The summed E-state index contributed by atoms with van der Waals surface area (Å²) >= 11 is 0. The van der Waals surface area contributed by atoms with Crippen LogP contribution in [0.1, 0.15) is 24.5 Å². The summed E-state index contributed by atoms with van der Waals surface area (Å²) in [6.45, 7) is 6.13. The number of fused-ring (bicyclic) bond motifs is 1. The van der Waals surface area contributed by atoms with E-state index in [0.29, 0.717) is 0 Å². The van der Waals surface area contributed by atoms with E-state index in [2.05, 4.69) is 23.6 Å². The third-order valence-corrected chi connectivity index (χ3v) is 2.95. The molecule has 0 fully saturated rings. The average Bonchev–Trinajstić information content (AvgIpc) is 2.20. The number of hydrogen-bond donors (Lipinski definition) is 2. The van der Waals surface area contributed by atoms with Crippen LogP contribution >= 0.6 is 0 Å². The standard InChI is InChI=1S/C12H16N2O/c1-4-9-12(15)14-11-6-8(3)7(2)5-10(11)13-9/h5-6,9,13H,4H2,1-3H3,(H,14,15)/t9-/m1/s1. The van der Waals surface area contributed by atoms with Crippen LogP contribution in [0.25, 0.3) is 0 Å². The number of benzene rings is 1. The van der Waals surface area contributed by atoms with Crippen molar-refractivity contribution in [3.63, 3.8) is 0 Å². The largest absolute Gasteiger partial charge is 0.372 e. The molecule has 0 saturated carbocycles. The molecule has 15 heavy (non-hydrogen) atoms. The summed E-state index contributed by atoms with van der Waals surface area (Å²) in [7, 11) is 0. The predicted octanol–water partition coefficient (Wildman–Crippen LogP) is 2.45. The number of nitrogens with one attached hydrogen (secondary N) is 2. The summed E-state index contributed by atoms with van der Waals surface area (Å²) in [6.07, 6.45) is 0.804. The molecule has 1 aromatic carbocycles. The van der Waals surface area contributed by atoms with Gasteiger partial charge in [-0.25, -0.2) is 0 Å². The van der Waals surface area contributed by atoms with Crippen molar-refractivity contribution >= 4 is 17.3 Å². The smallest absolute Gasteiger partial charge is 0.246 e. The van der Waals surface area contributed by atoms with Crippen molar-refractivity contribution in [2.75, 3.05) is 10.6 Å². The van der Waals surface area contributed by atoms with Crippen LogP contribution in [0.3, 0.4) is 0 Å². The molecule has 0 spiro atoms. The molecule has 80 valence electrons. The lowest BCUT2D eigenvalue weighted by Crippen LogP contribution is -2.38. The Kier molecular flexibility index (Phi) is 2.39. The van der Waals surface area contributed by atoms with Gasteiger partial charge in [-0.2, -0.15) is 0 Å². The second kappa shape index (κ2) is 3.57. The van der Waals surface area contributed by atoms with Gasteiger partial charge in [0.25, 0.3) is 0 Å². The maximum atomic E-state index is 11.6. The van der Waals surface area contributed by atoms with Gasteiger partial charge in [-0.3, -0.25) is 4.79 Å². The molecule has 1 aromatic rings. The van der Waals surface area contributed by atoms with E-state index in [-0.39, 0.29) is 11.9 Å². The van der Waals surface area contributed by atoms with Crippen LogP contribution in [0.2, 0.25) is 0 Å². The number of carbonyl (C=O) groups is 1. The second-order valence-electron chi connectivity index (χ2n) is 4.08. The summed E-state index contributed by atoms with van der Waals surface area (Å²) < 4.78 is 0. The number of hydrogen-bond acceptors (Lipinski definition) is 2.